The van der Waals surface area contributed by atoms with Gasteiger partial charge in [-0.2, -0.15) is 12.7 Å². The van der Waals surface area contributed by atoms with E-state index in [-0.39, 0.29) is 31.3 Å². The van der Waals surface area contributed by atoms with Crippen LogP contribution in [0.3, 0.4) is 0 Å². The fourth-order valence-corrected chi connectivity index (χ4v) is 8.99. The van der Waals surface area contributed by atoms with Crippen molar-refractivity contribution in [1.29, 1.82) is 0 Å². The van der Waals surface area contributed by atoms with Crippen LogP contribution in [-0.2, 0) is 50.9 Å². The lowest BCUT2D eigenvalue weighted by Crippen LogP contribution is -2.39. The van der Waals surface area contributed by atoms with Gasteiger partial charge in [0.25, 0.3) is 0 Å². The van der Waals surface area contributed by atoms with Gasteiger partial charge in [-0.3, -0.25) is 4.79 Å². The summed E-state index contributed by atoms with van der Waals surface area (Å²) >= 11 is 0. The highest BCUT2D eigenvalue weighted by Crippen LogP contribution is 2.40. The Morgan fingerprint density at radius 2 is 1.63 bits per heavy atom. The molecule has 5 aromatic carbocycles. The van der Waals surface area contributed by atoms with E-state index in [1.54, 1.807) is 26.2 Å². The van der Waals surface area contributed by atoms with Crippen LogP contribution in [0.2, 0.25) is 0 Å². The number of unbranched alkanes of at least 4 members (excludes halogenated alkanes) is 1. The predicted octanol–water partition coefficient (Wildman–Crippen LogP) is 8.92. The smallest absolute Gasteiger partial charge is 0.386 e. The highest BCUT2D eigenvalue weighted by atomic mass is 32.2. The zero-order valence-corrected chi connectivity index (χ0v) is 35.6. The maximum Gasteiger partial charge on any atom is 0.386 e. The Labute approximate surface area is 352 Å². The maximum atomic E-state index is 13.7. The molecule has 2 atom stereocenters. The highest BCUT2D eigenvalue weighted by molar-refractivity contribution is 7.84. The number of esters is 1. The number of methoxy groups -OCH3 is 1. The van der Waals surface area contributed by atoms with Crippen molar-refractivity contribution in [2.75, 3.05) is 20.3 Å². The molecule has 1 aromatic heterocycles. The molecule has 60 heavy (non-hydrogen) atoms. The van der Waals surface area contributed by atoms with Crippen LogP contribution in [0.4, 0.5) is 0 Å². The molecular formula is C47H52N4O8S. The summed E-state index contributed by atoms with van der Waals surface area (Å²) in [5.41, 5.74) is 8.89. The molecule has 12 nitrogen and oxygen atoms in total. The molecule has 7 rings (SSSR count). The number of aromatic nitrogens is 3. The lowest BCUT2D eigenvalue weighted by molar-refractivity contribution is -0.143. The first kappa shape index (κ1) is 42.4. The van der Waals surface area contributed by atoms with Gasteiger partial charge < -0.3 is 23.1 Å². The molecule has 6 aromatic rings. The third-order valence-corrected chi connectivity index (χ3v) is 12.5. The highest BCUT2D eigenvalue weighted by Gasteiger charge is 2.37. The lowest BCUT2D eigenvalue weighted by atomic mass is 9.83. The van der Waals surface area contributed by atoms with Crippen LogP contribution in [0.5, 0.6) is 17.2 Å². The van der Waals surface area contributed by atoms with E-state index in [0.717, 1.165) is 68.6 Å². The Hall–Kier alpha value is -5.76. The minimum absolute atomic E-state index is 0.0893. The topological polar surface area (TPSA) is 131 Å². The second-order valence-corrected chi connectivity index (χ2v) is 16.5. The van der Waals surface area contributed by atoms with Gasteiger partial charge in [-0.05, 0) is 116 Å². The quantitative estimate of drug-likeness (QED) is 0.0611. The number of carbonyl (C=O) groups is 1. The first-order chi connectivity index (χ1) is 29.0. The summed E-state index contributed by atoms with van der Waals surface area (Å²) in [4.78, 5) is 13.2. The molecule has 2 heterocycles. The summed E-state index contributed by atoms with van der Waals surface area (Å²) < 4.78 is 58.9. The average Bonchev–Trinajstić information content (AvgIpc) is 3.67. The van der Waals surface area contributed by atoms with E-state index in [2.05, 4.69) is 10.3 Å². The Morgan fingerprint density at radius 3 is 2.40 bits per heavy atom. The largest absolute Gasteiger partial charge is 0.497 e. The maximum absolute atomic E-state index is 13.7. The number of ether oxygens (including phenoxy) is 4. The Bertz CT molecular complexity index is 2530. The van der Waals surface area contributed by atoms with E-state index >= 15 is 0 Å². The molecule has 314 valence electrons. The van der Waals surface area contributed by atoms with Gasteiger partial charge in [-0.25, -0.2) is 4.68 Å². The van der Waals surface area contributed by atoms with Crippen LogP contribution >= 0.6 is 0 Å². The number of fused-ring (bicyclic) bond motifs is 2. The molecule has 0 aliphatic carbocycles. The van der Waals surface area contributed by atoms with Crippen LogP contribution in [0.1, 0.15) is 89.6 Å². The van der Waals surface area contributed by atoms with Crippen LogP contribution in [0.25, 0.3) is 11.0 Å². The fraction of sp³-hybridized carbons (Fsp3) is 0.340. The molecule has 0 fully saturated rings. The van der Waals surface area contributed by atoms with Crippen molar-refractivity contribution < 1.29 is 36.3 Å². The van der Waals surface area contributed by atoms with E-state index in [1.165, 1.54) is 4.31 Å². The number of rotatable bonds is 18. The van der Waals surface area contributed by atoms with Gasteiger partial charge in [0, 0.05) is 31.2 Å². The SMILES string of the molecule is CCOC(=O)CC(c1ccc(C)c([C@@H](C)N2Cc3cc(OCc4ccccc4)ccc3OS2(=O)=O)c1)c1ccc2c(nnn2CCCCOCc2ccc(OC)cc2)c1C. The predicted molar refractivity (Wildman–Crippen MR) is 229 cm³/mol. The molecule has 0 radical (unpaired) electrons. The van der Waals surface area contributed by atoms with Crippen LogP contribution in [-0.4, -0.2) is 54.0 Å². The van der Waals surface area contributed by atoms with Crippen molar-refractivity contribution >= 4 is 27.3 Å². The van der Waals surface area contributed by atoms with E-state index in [9.17, 15) is 13.2 Å². The average molecular weight is 833 g/mol. The molecule has 0 spiro atoms. The Kier molecular flexibility index (Phi) is 13.5. The second-order valence-electron chi connectivity index (χ2n) is 15.1. The van der Waals surface area contributed by atoms with Gasteiger partial charge in [-0.1, -0.05) is 71.9 Å². The number of hydrogen-bond acceptors (Lipinski definition) is 10. The summed E-state index contributed by atoms with van der Waals surface area (Å²) in [5, 5.41) is 9.09. The van der Waals surface area contributed by atoms with Gasteiger partial charge in [0.05, 0.1) is 38.3 Å². The number of aryl methyl sites for hydroxylation is 3. The van der Waals surface area contributed by atoms with Crippen molar-refractivity contribution in [1.82, 2.24) is 19.3 Å². The summed E-state index contributed by atoms with van der Waals surface area (Å²) in [6.07, 6.45) is 1.82. The Morgan fingerprint density at radius 1 is 0.867 bits per heavy atom. The monoisotopic (exact) mass is 832 g/mol. The lowest BCUT2D eigenvalue weighted by Gasteiger charge is -2.33. The fourth-order valence-electron chi connectivity index (χ4n) is 7.71. The molecule has 0 N–H and O–H groups in total. The van der Waals surface area contributed by atoms with E-state index in [1.807, 2.05) is 116 Å². The van der Waals surface area contributed by atoms with Gasteiger partial charge >= 0.3 is 16.3 Å². The Balaban J connectivity index is 1.08. The van der Waals surface area contributed by atoms with Crippen molar-refractivity contribution in [3.8, 4) is 17.2 Å². The molecule has 0 bridgehead atoms. The van der Waals surface area contributed by atoms with Crippen molar-refractivity contribution in [3.63, 3.8) is 0 Å². The normalized spacial score (nSPS) is 14.6. The van der Waals surface area contributed by atoms with E-state index < -0.39 is 22.3 Å². The first-order valence-corrected chi connectivity index (χ1v) is 21.7. The molecule has 0 saturated carbocycles. The van der Waals surface area contributed by atoms with Gasteiger partial charge in [0.15, 0.2) is 0 Å². The summed E-state index contributed by atoms with van der Waals surface area (Å²) in [5.74, 6) is 0.993. The minimum atomic E-state index is -4.15. The molecule has 0 saturated heterocycles. The number of nitrogens with zero attached hydrogens (tertiary/aromatic N) is 4. The number of benzene rings is 5. The minimum Gasteiger partial charge on any atom is -0.497 e. The van der Waals surface area contributed by atoms with Crippen molar-refractivity contribution in [2.45, 2.75) is 85.2 Å². The van der Waals surface area contributed by atoms with Crippen molar-refractivity contribution in [3.05, 3.63) is 148 Å². The summed E-state index contributed by atoms with van der Waals surface area (Å²) in [6.45, 7) is 10.2. The number of carbonyl (C=O) groups excluding carboxylic acids is 1. The first-order valence-electron chi connectivity index (χ1n) is 20.3. The molecule has 1 aliphatic heterocycles. The zero-order valence-electron chi connectivity index (χ0n) is 34.8. The third kappa shape index (κ3) is 9.81. The molecule has 13 heteroatoms. The molecular weight excluding hydrogens is 781 g/mol. The van der Waals surface area contributed by atoms with Gasteiger partial charge in [0.1, 0.15) is 29.4 Å². The van der Waals surface area contributed by atoms with Gasteiger partial charge in [0.2, 0.25) is 0 Å². The van der Waals surface area contributed by atoms with E-state index in [0.29, 0.717) is 37.7 Å². The molecule has 1 aliphatic rings. The number of hydrogen-bond donors (Lipinski definition) is 0. The standard InChI is InChI=1S/C47H52N4O8S/c1-6-57-46(52)28-43(41-21-22-44-47(33(41)3)48-49-50(44)24-10-11-25-56-30-36-15-18-39(55-5)19-16-36)37-17-14-32(2)42(27-37)34(4)51-29-38-26-40(20-23-45(38)59-60(51,53)54)58-31-35-12-8-7-9-13-35/h7-9,12-23,26-27,34,43H,6,10-11,24-25,28-31H2,1-5H3/t34-,43?/m1/s1. The molecule has 1 unspecified atom stereocenters. The second kappa shape index (κ2) is 19.1. The van der Waals surface area contributed by atoms with Gasteiger partial charge in [-0.15, -0.1) is 5.10 Å². The van der Waals surface area contributed by atoms with Crippen LogP contribution in [0, 0.1) is 13.8 Å². The zero-order chi connectivity index (χ0) is 42.2. The summed E-state index contributed by atoms with van der Waals surface area (Å²) in [7, 11) is -2.49. The van der Waals surface area contributed by atoms with Crippen molar-refractivity contribution in [2.24, 2.45) is 0 Å². The third-order valence-electron chi connectivity index (χ3n) is 11.0. The van der Waals surface area contributed by atoms with Crippen LogP contribution in [0.15, 0.2) is 103 Å². The molecule has 0 amide bonds. The summed E-state index contributed by atoms with van der Waals surface area (Å²) in [6, 6.07) is 32.3. The van der Waals surface area contributed by atoms with E-state index in [4.69, 9.17) is 23.1 Å². The van der Waals surface area contributed by atoms with Crippen LogP contribution < -0.4 is 13.7 Å².